The molecule has 0 aromatic carbocycles. The van der Waals surface area contributed by atoms with Gasteiger partial charge in [0.05, 0.1) is 25.9 Å². The van der Waals surface area contributed by atoms with Gasteiger partial charge in [-0.25, -0.2) is 9.13 Å². The van der Waals surface area contributed by atoms with E-state index in [0.29, 0.717) is 19.3 Å². The van der Waals surface area contributed by atoms with Crippen molar-refractivity contribution in [3.8, 4) is 0 Å². The standard InChI is InChI=1S/C46H76O14P2/c1-3-5-7-8-9-10-11-12-13-14-15-16-21-24-27-30-33-37-46(50)60-44(41-59-62(54,55)58-39-43(48)38-57-61(51,52)53)40-56-45(49)36-32-29-26-23-20-18-17-19-22-25-28-31-35-42(47)34-6-4-2/h5,7,9-10,12-13,15-18,22-23,25-26,31,35,42-44,47-48H,3-4,6,8,11,14,19-21,24,27-30,32-34,36-41H2,1-2H3,(H,54,55)(H2,51,52,53)/b7-5-,10-9-,13-12-,16-15-,18-17-,25-22-,26-23-,35-31-/t42-,43-,44+/m0/s1. The number of hydrogen-bond acceptors (Lipinski definition) is 11. The van der Waals surface area contributed by atoms with Crippen LogP contribution in [-0.2, 0) is 41.8 Å². The highest BCUT2D eigenvalue weighted by molar-refractivity contribution is 7.47. The van der Waals surface area contributed by atoms with Crippen LogP contribution in [0.4, 0.5) is 0 Å². The highest BCUT2D eigenvalue weighted by atomic mass is 31.2. The highest BCUT2D eigenvalue weighted by Gasteiger charge is 2.28. The molecule has 0 bridgehead atoms. The molecule has 4 atom stereocenters. The lowest BCUT2D eigenvalue weighted by atomic mass is 10.1. The first kappa shape index (κ1) is 59.0. The zero-order valence-electron chi connectivity index (χ0n) is 37.0. The predicted octanol–water partition coefficient (Wildman–Crippen LogP) is 10.3. The molecule has 354 valence electrons. The number of carbonyl (C=O) groups excluding carboxylic acids is 2. The topological polar surface area (TPSA) is 216 Å². The predicted molar refractivity (Wildman–Crippen MR) is 245 cm³/mol. The Bertz CT molecular complexity index is 1480. The van der Waals surface area contributed by atoms with Gasteiger partial charge in [-0.1, -0.05) is 137 Å². The van der Waals surface area contributed by atoms with Crippen LogP contribution in [0.1, 0.15) is 136 Å². The molecule has 0 heterocycles. The van der Waals surface area contributed by atoms with Crippen LogP contribution < -0.4 is 0 Å². The van der Waals surface area contributed by atoms with Crippen LogP contribution in [0.15, 0.2) is 97.2 Å². The summed E-state index contributed by atoms with van der Waals surface area (Å²) in [5.74, 6) is -1.16. The Morgan fingerprint density at radius 1 is 0.532 bits per heavy atom. The van der Waals surface area contributed by atoms with Crippen LogP contribution in [0.5, 0.6) is 0 Å². The summed E-state index contributed by atoms with van der Waals surface area (Å²) in [6, 6.07) is 0. The third-order valence-electron chi connectivity index (χ3n) is 8.52. The lowest BCUT2D eigenvalue weighted by molar-refractivity contribution is -0.161. The average molecular weight is 915 g/mol. The smallest absolute Gasteiger partial charge is 0.462 e. The Morgan fingerprint density at radius 3 is 1.58 bits per heavy atom. The molecule has 0 aliphatic heterocycles. The van der Waals surface area contributed by atoms with Crippen molar-refractivity contribution in [2.24, 2.45) is 0 Å². The van der Waals surface area contributed by atoms with Gasteiger partial charge in [0.25, 0.3) is 0 Å². The first-order valence-corrected chi connectivity index (χ1v) is 25.0. The van der Waals surface area contributed by atoms with Gasteiger partial charge in [0.1, 0.15) is 12.7 Å². The number of esters is 2. The van der Waals surface area contributed by atoms with Gasteiger partial charge in [0.15, 0.2) is 6.10 Å². The summed E-state index contributed by atoms with van der Waals surface area (Å²) in [7, 11) is -9.72. The average Bonchev–Trinajstić information content (AvgIpc) is 3.23. The van der Waals surface area contributed by atoms with Gasteiger partial charge in [-0.3, -0.25) is 23.2 Å². The minimum absolute atomic E-state index is 0.0777. The van der Waals surface area contributed by atoms with Crippen molar-refractivity contribution >= 4 is 27.6 Å². The van der Waals surface area contributed by atoms with Gasteiger partial charge in [-0.2, -0.15) is 0 Å². The molecule has 16 heteroatoms. The van der Waals surface area contributed by atoms with Crippen molar-refractivity contribution in [1.29, 1.82) is 0 Å². The van der Waals surface area contributed by atoms with Crippen LogP contribution in [0.2, 0.25) is 0 Å². The Balaban J connectivity index is 4.69. The maximum atomic E-state index is 12.7. The Kier molecular flexibility index (Phi) is 38.8. The number of rotatable bonds is 40. The monoisotopic (exact) mass is 914 g/mol. The molecule has 0 aliphatic rings. The molecular weight excluding hydrogens is 838 g/mol. The van der Waals surface area contributed by atoms with E-state index >= 15 is 0 Å². The summed E-state index contributed by atoms with van der Waals surface area (Å²) in [5.41, 5.74) is 0. The number of hydrogen-bond donors (Lipinski definition) is 5. The fraction of sp³-hybridized carbons (Fsp3) is 0.609. The second-order valence-corrected chi connectivity index (χ2v) is 17.1. The van der Waals surface area contributed by atoms with Crippen LogP contribution >= 0.6 is 15.6 Å². The second kappa shape index (κ2) is 40.8. The summed E-state index contributed by atoms with van der Waals surface area (Å²) < 4.78 is 47.7. The van der Waals surface area contributed by atoms with Gasteiger partial charge in [-0.15, -0.1) is 0 Å². The molecule has 14 nitrogen and oxygen atoms in total. The van der Waals surface area contributed by atoms with Gasteiger partial charge < -0.3 is 34.4 Å². The van der Waals surface area contributed by atoms with Crippen molar-refractivity contribution in [2.75, 3.05) is 26.4 Å². The zero-order chi connectivity index (χ0) is 46.0. The lowest BCUT2D eigenvalue weighted by Crippen LogP contribution is -2.30. The van der Waals surface area contributed by atoms with E-state index in [-0.39, 0.29) is 18.9 Å². The number of phosphoric ester groups is 2. The molecule has 0 aromatic rings. The van der Waals surface area contributed by atoms with Crippen LogP contribution in [0.25, 0.3) is 0 Å². The maximum absolute atomic E-state index is 12.7. The van der Waals surface area contributed by atoms with Gasteiger partial charge >= 0.3 is 27.6 Å². The molecule has 0 spiro atoms. The third kappa shape index (κ3) is 43.6. The molecule has 0 aliphatic carbocycles. The molecule has 5 N–H and O–H groups in total. The van der Waals surface area contributed by atoms with Crippen molar-refractivity contribution < 1.29 is 66.7 Å². The Labute approximate surface area is 371 Å². The summed E-state index contributed by atoms with van der Waals surface area (Å²) in [6.45, 7) is 1.37. The highest BCUT2D eigenvalue weighted by Crippen LogP contribution is 2.43. The van der Waals surface area contributed by atoms with Crippen LogP contribution in [0.3, 0.4) is 0 Å². The Morgan fingerprint density at radius 2 is 1.02 bits per heavy atom. The first-order chi connectivity index (χ1) is 29.8. The van der Waals surface area contributed by atoms with Crippen molar-refractivity contribution in [3.05, 3.63) is 97.2 Å². The summed E-state index contributed by atoms with van der Waals surface area (Å²) >= 11 is 0. The quantitative estimate of drug-likeness (QED) is 0.0167. The van der Waals surface area contributed by atoms with E-state index in [2.05, 4.69) is 95.8 Å². The van der Waals surface area contributed by atoms with Gasteiger partial charge in [0, 0.05) is 12.8 Å². The fourth-order valence-corrected chi connectivity index (χ4v) is 6.33. The van der Waals surface area contributed by atoms with E-state index in [9.17, 15) is 33.8 Å². The summed E-state index contributed by atoms with van der Waals surface area (Å²) in [4.78, 5) is 52.7. The third-order valence-corrected chi connectivity index (χ3v) is 9.95. The number of ether oxygens (including phenoxy) is 2. The number of allylic oxidation sites excluding steroid dienone is 15. The Hall–Kier alpha value is -3.00. The number of phosphoric acid groups is 2. The van der Waals surface area contributed by atoms with Crippen LogP contribution in [-0.4, -0.2) is 81.6 Å². The van der Waals surface area contributed by atoms with E-state index in [1.807, 2.05) is 24.3 Å². The minimum atomic E-state index is -4.88. The number of aliphatic hydroxyl groups is 2. The molecule has 1 unspecified atom stereocenters. The van der Waals surface area contributed by atoms with E-state index in [1.165, 1.54) is 0 Å². The molecule has 62 heavy (non-hydrogen) atoms. The van der Waals surface area contributed by atoms with Gasteiger partial charge in [0.2, 0.25) is 0 Å². The molecule has 0 rings (SSSR count). The first-order valence-electron chi connectivity index (χ1n) is 22.0. The van der Waals surface area contributed by atoms with E-state index in [1.54, 1.807) is 0 Å². The molecule has 0 saturated carbocycles. The SMILES string of the molecule is CC/C=C\C/C=C\C/C=C\C/C=C\CCCCCCC(=O)O[C@H](COC(=O)CCC/C=C\C/C=C\C/C=C\C/C=C\[C@@H](O)CCCC)COP(=O)(O)OC[C@@H](O)COP(=O)(O)O. The second-order valence-electron chi connectivity index (χ2n) is 14.4. The van der Waals surface area contributed by atoms with Gasteiger partial charge in [-0.05, 0) is 83.5 Å². The molecule has 0 saturated heterocycles. The van der Waals surface area contributed by atoms with Crippen molar-refractivity contribution in [3.63, 3.8) is 0 Å². The molecule has 0 fully saturated rings. The minimum Gasteiger partial charge on any atom is -0.462 e. The van der Waals surface area contributed by atoms with E-state index < -0.39 is 66.2 Å². The maximum Gasteiger partial charge on any atom is 0.472 e. The zero-order valence-corrected chi connectivity index (χ0v) is 38.8. The number of aliphatic hydroxyl groups excluding tert-OH is 2. The largest absolute Gasteiger partial charge is 0.472 e. The van der Waals surface area contributed by atoms with Crippen molar-refractivity contribution in [2.45, 2.75) is 154 Å². The van der Waals surface area contributed by atoms with Crippen molar-refractivity contribution in [1.82, 2.24) is 0 Å². The summed E-state index contributed by atoms with van der Waals surface area (Å²) in [6.07, 6.45) is 44.5. The lowest BCUT2D eigenvalue weighted by Gasteiger charge is -2.20. The molecule has 0 aromatic heterocycles. The van der Waals surface area contributed by atoms with Crippen LogP contribution in [0, 0.1) is 0 Å². The molecular formula is C46H76O14P2. The number of carbonyl (C=O) groups is 2. The van der Waals surface area contributed by atoms with E-state index in [4.69, 9.17) is 23.8 Å². The molecule has 0 amide bonds. The number of unbranched alkanes of at least 4 members (excludes halogenated alkanes) is 6. The fourth-order valence-electron chi connectivity index (χ4n) is 5.17. The summed E-state index contributed by atoms with van der Waals surface area (Å²) in [5, 5.41) is 19.6. The van der Waals surface area contributed by atoms with E-state index in [0.717, 1.165) is 89.9 Å². The molecule has 0 radical (unpaired) electrons. The normalized spacial score (nSPS) is 15.4.